The molecule has 1 aromatic rings. The van der Waals surface area contributed by atoms with E-state index in [1.807, 2.05) is 30.3 Å². The van der Waals surface area contributed by atoms with E-state index in [1.165, 1.54) is 0 Å². The van der Waals surface area contributed by atoms with Crippen molar-refractivity contribution in [3.05, 3.63) is 35.9 Å². The normalized spacial score (nSPS) is 12.0. The van der Waals surface area contributed by atoms with Gasteiger partial charge in [-0.25, -0.2) is 0 Å². The second-order valence-electron chi connectivity index (χ2n) is 2.90. The summed E-state index contributed by atoms with van der Waals surface area (Å²) in [5, 5.41) is 17.3. The number of rotatable bonds is 5. The van der Waals surface area contributed by atoms with Gasteiger partial charge in [0, 0.05) is 6.42 Å². The van der Waals surface area contributed by atoms with E-state index in [9.17, 15) is 0 Å². The monoisotopic (exact) mass is 191 g/mol. The summed E-state index contributed by atoms with van der Waals surface area (Å²) in [4.78, 5) is 0. The molecule has 0 fully saturated rings. The van der Waals surface area contributed by atoms with Crippen LogP contribution in [0.1, 0.15) is 5.56 Å². The summed E-state index contributed by atoms with van der Waals surface area (Å²) in [5.41, 5.74) is 1.07. The number of nitriles is 1. The van der Waals surface area contributed by atoms with Crippen molar-refractivity contribution >= 4 is 0 Å². The van der Waals surface area contributed by atoms with E-state index in [2.05, 4.69) is 6.07 Å². The van der Waals surface area contributed by atoms with E-state index in [0.29, 0.717) is 6.42 Å². The molecule has 1 unspecified atom stereocenters. The van der Waals surface area contributed by atoms with Crippen LogP contribution in [0.15, 0.2) is 30.3 Å². The molecule has 0 spiro atoms. The fourth-order valence-electron chi connectivity index (χ4n) is 1.16. The number of hydrogen-bond donors (Lipinski definition) is 1. The number of hydrogen-bond acceptors (Lipinski definition) is 3. The van der Waals surface area contributed by atoms with E-state index in [-0.39, 0.29) is 13.2 Å². The minimum absolute atomic E-state index is 0.0486. The lowest BCUT2D eigenvalue weighted by molar-refractivity contribution is 0.0587. The molecular formula is C11H13NO2. The summed E-state index contributed by atoms with van der Waals surface area (Å²) in [6.07, 6.45) is 0.0988. The van der Waals surface area contributed by atoms with E-state index < -0.39 is 6.10 Å². The third-order valence-corrected chi connectivity index (χ3v) is 1.82. The van der Waals surface area contributed by atoms with Crippen molar-refractivity contribution in [2.45, 2.75) is 12.5 Å². The predicted octanol–water partition coefficient (Wildman–Crippen LogP) is 1.13. The molecule has 1 N–H and O–H groups in total. The maximum atomic E-state index is 8.76. The first-order chi connectivity index (χ1) is 6.86. The van der Waals surface area contributed by atoms with E-state index >= 15 is 0 Å². The number of ether oxygens (including phenoxy) is 1. The Morgan fingerprint density at radius 1 is 1.36 bits per heavy atom. The third kappa shape index (κ3) is 3.56. The Labute approximate surface area is 83.6 Å². The van der Waals surface area contributed by atoms with Gasteiger partial charge in [0.05, 0.1) is 19.3 Å². The van der Waals surface area contributed by atoms with Crippen LogP contribution in [0.25, 0.3) is 0 Å². The minimum atomic E-state index is -0.468. The van der Waals surface area contributed by atoms with Crippen molar-refractivity contribution < 1.29 is 9.84 Å². The highest BCUT2D eigenvalue weighted by atomic mass is 16.5. The zero-order valence-electron chi connectivity index (χ0n) is 7.89. The predicted molar refractivity (Wildman–Crippen MR) is 52.6 cm³/mol. The molecule has 0 amide bonds. The average molecular weight is 191 g/mol. The van der Waals surface area contributed by atoms with Gasteiger partial charge in [0.2, 0.25) is 0 Å². The molecule has 1 aromatic carbocycles. The second-order valence-corrected chi connectivity index (χ2v) is 2.90. The first kappa shape index (κ1) is 10.7. The summed E-state index contributed by atoms with van der Waals surface area (Å²) >= 11 is 0. The Kier molecular flexibility index (Phi) is 4.70. The van der Waals surface area contributed by atoms with E-state index in [1.54, 1.807) is 0 Å². The molecular weight excluding hydrogens is 178 g/mol. The van der Waals surface area contributed by atoms with Crippen LogP contribution in [0.2, 0.25) is 0 Å². The maximum absolute atomic E-state index is 8.76. The van der Waals surface area contributed by atoms with E-state index in [4.69, 9.17) is 15.1 Å². The van der Waals surface area contributed by atoms with Crippen LogP contribution in [-0.4, -0.2) is 24.4 Å². The Balaban J connectivity index is 2.46. The number of aliphatic hydroxyl groups excluding tert-OH is 1. The van der Waals surface area contributed by atoms with Crippen molar-refractivity contribution in [1.82, 2.24) is 0 Å². The SMILES string of the molecule is N#CC(Cc1ccccc1)OCCO. The van der Waals surface area contributed by atoms with Gasteiger partial charge < -0.3 is 9.84 Å². The van der Waals surface area contributed by atoms with Gasteiger partial charge >= 0.3 is 0 Å². The molecule has 0 heterocycles. The summed E-state index contributed by atoms with van der Waals surface area (Å²) in [7, 11) is 0. The van der Waals surface area contributed by atoms with Gasteiger partial charge in [0.1, 0.15) is 6.10 Å². The zero-order chi connectivity index (χ0) is 10.2. The van der Waals surface area contributed by atoms with Gasteiger partial charge in [0.25, 0.3) is 0 Å². The minimum Gasteiger partial charge on any atom is -0.394 e. The second kappa shape index (κ2) is 6.14. The first-order valence-corrected chi connectivity index (χ1v) is 4.53. The van der Waals surface area contributed by atoms with Crippen molar-refractivity contribution in [1.29, 1.82) is 5.26 Å². The van der Waals surface area contributed by atoms with Gasteiger partial charge in [-0.3, -0.25) is 0 Å². The fraction of sp³-hybridized carbons (Fsp3) is 0.364. The largest absolute Gasteiger partial charge is 0.394 e. The van der Waals surface area contributed by atoms with Crippen molar-refractivity contribution in [3.8, 4) is 6.07 Å². The molecule has 0 aliphatic rings. The fourth-order valence-corrected chi connectivity index (χ4v) is 1.16. The molecule has 0 bridgehead atoms. The highest BCUT2D eigenvalue weighted by Crippen LogP contribution is 2.04. The number of aliphatic hydroxyl groups is 1. The quantitative estimate of drug-likeness (QED) is 0.759. The third-order valence-electron chi connectivity index (χ3n) is 1.82. The molecule has 0 aliphatic carbocycles. The van der Waals surface area contributed by atoms with Crippen molar-refractivity contribution in [3.63, 3.8) is 0 Å². The molecule has 1 atom stereocenters. The van der Waals surface area contributed by atoms with Crippen LogP contribution in [0.3, 0.4) is 0 Å². The van der Waals surface area contributed by atoms with Crippen LogP contribution in [0, 0.1) is 11.3 Å². The Morgan fingerprint density at radius 3 is 2.64 bits per heavy atom. The summed E-state index contributed by atoms with van der Waals surface area (Å²) < 4.78 is 5.13. The van der Waals surface area contributed by atoms with Crippen LogP contribution in [0.4, 0.5) is 0 Å². The van der Waals surface area contributed by atoms with Gasteiger partial charge in [-0.15, -0.1) is 0 Å². The van der Waals surface area contributed by atoms with Gasteiger partial charge in [-0.05, 0) is 5.56 Å². The lowest BCUT2D eigenvalue weighted by Crippen LogP contribution is -2.16. The molecule has 0 aromatic heterocycles. The van der Waals surface area contributed by atoms with E-state index in [0.717, 1.165) is 5.56 Å². The maximum Gasteiger partial charge on any atom is 0.148 e. The zero-order valence-corrected chi connectivity index (χ0v) is 7.89. The topological polar surface area (TPSA) is 53.2 Å². The Bertz CT molecular complexity index is 292. The summed E-state index contributed by atoms with van der Waals surface area (Å²) in [5.74, 6) is 0. The van der Waals surface area contributed by atoms with Gasteiger partial charge in [-0.1, -0.05) is 30.3 Å². The molecule has 3 nitrogen and oxygen atoms in total. The molecule has 0 aliphatic heterocycles. The average Bonchev–Trinajstić information content (AvgIpc) is 2.25. The molecule has 0 radical (unpaired) electrons. The number of benzene rings is 1. The Hall–Kier alpha value is -1.37. The lowest BCUT2D eigenvalue weighted by atomic mass is 10.1. The summed E-state index contributed by atoms with van der Waals surface area (Å²) in [6.45, 7) is 0.165. The van der Waals surface area contributed by atoms with Gasteiger partial charge in [-0.2, -0.15) is 5.26 Å². The summed E-state index contributed by atoms with van der Waals surface area (Å²) in [6, 6.07) is 11.7. The lowest BCUT2D eigenvalue weighted by Gasteiger charge is -2.09. The van der Waals surface area contributed by atoms with Crippen LogP contribution >= 0.6 is 0 Å². The molecule has 3 heteroatoms. The van der Waals surface area contributed by atoms with Crippen LogP contribution < -0.4 is 0 Å². The van der Waals surface area contributed by atoms with Crippen molar-refractivity contribution in [2.75, 3.05) is 13.2 Å². The molecule has 1 rings (SSSR count). The molecule has 74 valence electrons. The Morgan fingerprint density at radius 2 is 2.07 bits per heavy atom. The highest BCUT2D eigenvalue weighted by Gasteiger charge is 2.07. The smallest absolute Gasteiger partial charge is 0.148 e. The van der Waals surface area contributed by atoms with Crippen molar-refractivity contribution in [2.24, 2.45) is 0 Å². The standard InChI is InChI=1S/C11H13NO2/c12-9-11(14-7-6-13)8-10-4-2-1-3-5-10/h1-5,11,13H,6-8H2. The van der Waals surface area contributed by atoms with Crippen LogP contribution in [-0.2, 0) is 11.2 Å². The van der Waals surface area contributed by atoms with Crippen LogP contribution in [0.5, 0.6) is 0 Å². The molecule has 0 saturated heterocycles. The first-order valence-electron chi connectivity index (χ1n) is 4.53. The highest BCUT2D eigenvalue weighted by molar-refractivity contribution is 5.16. The number of nitrogens with zero attached hydrogens (tertiary/aromatic N) is 1. The molecule has 14 heavy (non-hydrogen) atoms. The molecule has 0 saturated carbocycles. The van der Waals surface area contributed by atoms with Gasteiger partial charge in [0.15, 0.2) is 0 Å².